The summed E-state index contributed by atoms with van der Waals surface area (Å²) < 4.78 is 0. The zero-order valence-electron chi connectivity index (χ0n) is 12.9. The van der Waals surface area contributed by atoms with Crippen LogP contribution in [-0.2, 0) is 4.79 Å². The van der Waals surface area contributed by atoms with E-state index in [1.54, 1.807) is 12.1 Å². The quantitative estimate of drug-likeness (QED) is 0.591. The predicted molar refractivity (Wildman–Crippen MR) is 94.6 cm³/mol. The maximum absolute atomic E-state index is 12.0. The SMILES string of the molecule is CC(NC(=O)CCCCC1CCSS1)c1ccc(C#N)cc1. The van der Waals surface area contributed by atoms with Gasteiger partial charge in [-0.2, -0.15) is 5.26 Å². The third kappa shape index (κ3) is 5.58. The van der Waals surface area contributed by atoms with E-state index in [1.165, 1.54) is 18.6 Å². The summed E-state index contributed by atoms with van der Waals surface area (Å²) in [5, 5.41) is 12.6. The Hall–Kier alpha value is -1.12. The third-order valence-electron chi connectivity index (χ3n) is 3.82. The fourth-order valence-electron chi connectivity index (χ4n) is 2.47. The molecule has 1 aliphatic heterocycles. The van der Waals surface area contributed by atoms with Crippen molar-refractivity contribution in [3.05, 3.63) is 35.4 Å². The van der Waals surface area contributed by atoms with Crippen LogP contribution in [0.1, 0.15) is 56.2 Å². The van der Waals surface area contributed by atoms with Crippen molar-refractivity contribution in [1.29, 1.82) is 5.26 Å². The van der Waals surface area contributed by atoms with E-state index in [-0.39, 0.29) is 11.9 Å². The maximum Gasteiger partial charge on any atom is 0.220 e. The fraction of sp³-hybridized carbons (Fsp3) is 0.529. The van der Waals surface area contributed by atoms with Crippen LogP contribution in [0.3, 0.4) is 0 Å². The minimum atomic E-state index is -0.0120. The Balaban J connectivity index is 1.65. The second-order valence-corrected chi connectivity index (χ2v) is 8.39. The number of carbonyl (C=O) groups is 1. The Bertz CT molecular complexity index is 518. The van der Waals surface area contributed by atoms with Crippen LogP contribution in [-0.4, -0.2) is 16.9 Å². The lowest BCUT2D eigenvalue weighted by Crippen LogP contribution is -2.26. The highest BCUT2D eigenvalue weighted by Crippen LogP contribution is 2.39. The van der Waals surface area contributed by atoms with Crippen LogP contribution >= 0.6 is 21.6 Å². The molecule has 118 valence electrons. The van der Waals surface area contributed by atoms with Crippen molar-refractivity contribution in [1.82, 2.24) is 5.32 Å². The van der Waals surface area contributed by atoms with E-state index >= 15 is 0 Å². The lowest BCUT2D eigenvalue weighted by Gasteiger charge is -2.14. The molecule has 1 fully saturated rings. The Morgan fingerprint density at radius 2 is 2.18 bits per heavy atom. The first kappa shape index (κ1) is 17.2. The molecule has 1 amide bonds. The minimum Gasteiger partial charge on any atom is -0.350 e. The molecule has 0 radical (unpaired) electrons. The smallest absolute Gasteiger partial charge is 0.220 e. The van der Waals surface area contributed by atoms with E-state index in [1.807, 2.05) is 40.6 Å². The van der Waals surface area contributed by atoms with Crippen molar-refractivity contribution < 1.29 is 4.79 Å². The van der Waals surface area contributed by atoms with Gasteiger partial charge >= 0.3 is 0 Å². The molecular weight excluding hydrogens is 312 g/mol. The van der Waals surface area contributed by atoms with E-state index in [4.69, 9.17) is 5.26 Å². The zero-order chi connectivity index (χ0) is 15.8. The van der Waals surface area contributed by atoms with Gasteiger partial charge in [-0.3, -0.25) is 4.79 Å². The summed E-state index contributed by atoms with van der Waals surface area (Å²) in [6.07, 6.45) is 5.25. The largest absolute Gasteiger partial charge is 0.350 e. The second-order valence-electron chi connectivity index (χ2n) is 5.60. The van der Waals surface area contributed by atoms with Crippen LogP contribution in [0.4, 0.5) is 0 Å². The molecule has 2 unspecified atom stereocenters. The van der Waals surface area contributed by atoms with Gasteiger partial charge < -0.3 is 5.32 Å². The zero-order valence-corrected chi connectivity index (χ0v) is 14.5. The van der Waals surface area contributed by atoms with Gasteiger partial charge in [0.2, 0.25) is 5.91 Å². The van der Waals surface area contributed by atoms with Crippen molar-refractivity contribution in [2.45, 2.75) is 50.3 Å². The highest BCUT2D eigenvalue weighted by molar-refractivity contribution is 8.77. The van der Waals surface area contributed by atoms with Gasteiger partial charge in [-0.15, -0.1) is 0 Å². The Morgan fingerprint density at radius 1 is 1.41 bits per heavy atom. The van der Waals surface area contributed by atoms with Crippen LogP contribution < -0.4 is 5.32 Å². The first-order valence-electron chi connectivity index (χ1n) is 7.76. The molecule has 0 aromatic heterocycles. The van der Waals surface area contributed by atoms with Gasteiger partial charge in [0.05, 0.1) is 17.7 Å². The summed E-state index contributed by atoms with van der Waals surface area (Å²) in [7, 11) is 3.98. The third-order valence-corrected chi connectivity index (χ3v) is 6.83. The Labute approximate surface area is 140 Å². The average molecular weight is 335 g/mol. The predicted octanol–water partition coefficient (Wildman–Crippen LogP) is 4.45. The number of unbranched alkanes of at least 4 members (excludes halogenated alkanes) is 1. The number of nitriles is 1. The van der Waals surface area contributed by atoms with Crippen molar-refractivity contribution in [2.24, 2.45) is 0 Å². The number of carbonyl (C=O) groups excluding carboxylic acids is 1. The number of nitrogens with one attached hydrogen (secondary N) is 1. The van der Waals surface area contributed by atoms with Gasteiger partial charge in [0, 0.05) is 17.4 Å². The number of hydrogen-bond donors (Lipinski definition) is 1. The van der Waals surface area contributed by atoms with E-state index < -0.39 is 0 Å². The van der Waals surface area contributed by atoms with Crippen molar-refractivity contribution in [2.75, 3.05) is 5.75 Å². The molecule has 0 spiro atoms. The lowest BCUT2D eigenvalue weighted by atomic mass is 10.1. The first-order valence-corrected chi connectivity index (χ1v) is 10.1. The molecule has 0 saturated carbocycles. The van der Waals surface area contributed by atoms with Crippen LogP contribution in [0.2, 0.25) is 0 Å². The topological polar surface area (TPSA) is 52.9 Å². The van der Waals surface area contributed by atoms with E-state index in [2.05, 4.69) is 11.4 Å². The summed E-state index contributed by atoms with van der Waals surface area (Å²) in [5.74, 6) is 1.39. The molecule has 2 atom stereocenters. The number of rotatable bonds is 7. The minimum absolute atomic E-state index is 0.0120. The van der Waals surface area contributed by atoms with Crippen molar-refractivity contribution in [3.63, 3.8) is 0 Å². The molecule has 1 aliphatic rings. The molecule has 3 nitrogen and oxygen atoms in total. The van der Waals surface area contributed by atoms with Gasteiger partial charge in [0.1, 0.15) is 0 Å². The van der Waals surface area contributed by atoms with Crippen molar-refractivity contribution in [3.8, 4) is 6.07 Å². The van der Waals surface area contributed by atoms with Crippen molar-refractivity contribution >= 4 is 27.5 Å². The first-order chi connectivity index (χ1) is 10.7. The number of benzene rings is 1. The lowest BCUT2D eigenvalue weighted by molar-refractivity contribution is -0.121. The fourth-order valence-corrected chi connectivity index (χ4v) is 5.49. The Morgan fingerprint density at radius 3 is 2.82 bits per heavy atom. The highest BCUT2D eigenvalue weighted by atomic mass is 33.1. The second kappa shape index (κ2) is 9.12. The van der Waals surface area contributed by atoms with Gasteiger partial charge in [0.15, 0.2) is 0 Å². The van der Waals surface area contributed by atoms with E-state index in [0.717, 1.165) is 23.7 Å². The summed E-state index contributed by atoms with van der Waals surface area (Å²) in [6, 6.07) is 9.47. The molecule has 5 heteroatoms. The number of amides is 1. The van der Waals surface area contributed by atoms with E-state index in [9.17, 15) is 4.79 Å². The molecule has 1 N–H and O–H groups in total. The standard InChI is InChI=1S/C17H22N2OS2/c1-13(15-8-6-14(12-18)7-9-15)19-17(20)5-3-2-4-16-10-11-21-22-16/h6-9,13,16H,2-5,10-11H2,1H3,(H,19,20). The normalized spacial score (nSPS) is 18.6. The average Bonchev–Trinajstić information content (AvgIpc) is 3.05. The Kier molecular flexibility index (Phi) is 7.14. The molecule has 22 heavy (non-hydrogen) atoms. The van der Waals surface area contributed by atoms with Crippen LogP contribution in [0.25, 0.3) is 0 Å². The summed E-state index contributed by atoms with van der Waals surface area (Å²) in [5.41, 5.74) is 1.68. The van der Waals surface area contributed by atoms with Gasteiger partial charge in [-0.1, -0.05) is 40.1 Å². The molecule has 2 rings (SSSR count). The number of hydrogen-bond acceptors (Lipinski definition) is 4. The molecular formula is C17H22N2OS2. The van der Waals surface area contributed by atoms with Gasteiger partial charge in [0.25, 0.3) is 0 Å². The molecule has 1 heterocycles. The monoisotopic (exact) mass is 334 g/mol. The number of nitrogens with zero attached hydrogens (tertiary/aromatic N) is 1. The van der Waals surface area contributed by atoms with Crippen LogP contribution in [0, 0.1) is 11.3 Å². The van der Waals surface area contributed by atoms with Gasteiger partial charge in [-0.05, 0) is 43.9 Å². The summed E-state index contributed by atoms with van der Waals surface area (Å²) >= 11 is 0. The molecule has 1 aromatic carbocycles. The van der Waals surface area contributed by atoms with Gasteiger partial charge in [-0.25, -0.2) is 0 Å². The van der Waals surface area contributed by atoms with Crippen LogP contribution in [0.15, 0.2) is 24.3 Å². The maximum atomic E-state index is 12.0. The summed E-state index contributed by atoms with van der Waals surface area (Å²) in [4.78, 5) is 12.0. The molecule has 0 aliphatic carbocycles. The summed E-state index contributed by atoms with van der Waals surface area (Å²) in [6.45, 7) is 1.98. The highest BCUT2D eigenvalue weighted by Gasteiger charge is 2.16. The van der Waals surface area contributed by atoms with Crippen LogP contribution in [0.5, 0.6) is 0 Å². The molecule has 0 bridgehead atoms. The molecule has 1 aromatic rings. The van der Waals surface area contributed by atoms with E-state index in [0.29, 0.717) is 12.0 Å². The molecule has 1 saturated heterocycles.